The van der Waals surface area contributed by atoms with Crippen LogP contribution in [0.15, 0.2) is 84.9 Å². The zero-order valence-corrected chi connectivity index (χ0v) is 26.7. The molecule has 0 bridgehead atoms. The monoisotopic (exact) mass is 626 g/mol. The second-order valence-corrected chi connectivity index (χ2v) is 12.0. The third-order valence-electron chi connectivity index (χ3n) is 8.25. The van der Waals surface area contributed by atoms with Crippen molar-refractivity contribution in [1.82, 2.24) is 4.68 Å². The first-order valence-corrected chi connectivity index (χ1v) is 16.0. The molecule has 1 saturated heterocycles. The van der Waals surface area contributed by atoms with Crippen LogP contribution in [-0.2, 0) is 9.53 Å². The molecule has 1 aliphatic heterocycles. The van der Waals surface area contributed by atoms with Gasteiger partial charge in [0.25, 0.3) is 0 Å². The quantitative estimate of drug-likeness (QED) is 0.157. The summed E-state index contributed by atoms with van der Waals surface area (Å²) in [5, 5.41) is 23.7. The topological polar surface area (TPSA) is 84.2 Å². The molecule has 5 rings (SSSR count). The van der Waals surface area contributed by atoms with Crippen LogP contribution in [0.4, 0.5) is 4.39 Å². The van der Waals surface area contributed by atoms with Crippen LogP contribution in [0.2, 0.25) is 0 Å². The number of halogens is 1. The number of aliphatic hydroxyl groups is 2. The van der Waals surface area contributed by atoms with Crippen LogP contribution < -0.4 is 9.75 Å². The molecular formula is C38H43FN2O5. The normalized spacial score (nSPS) is 14.9. The number of para-hydroxylation sites is 1. The first-order chi connectivity index (χ1) is 22.3. The van der Waals surface area contributed by atoms with Crippen molar-refractivity contribution in [2.24, 2.45) is 0 Å². The standard InChI is InChI=1S/C38H43FN2O5/c1-26(2)37-32(19-18-29(42)24-30(43)25-35(44)45-3)36(28-17-20-33(39)34(23-28)46-31-15-9-5-10-16-31)38(27-13-7-4-8-14-27)41(37)40-21-11-6-12-22-40/h4-5,7-10,13-20,23,26,29-30,42-43H,6,11-12,21-22,24-25H2,1-3H3/b19-18+. The molecule has 4 aromatic rings. The number of esters is 1. The summed E-state index contributed by atoms with van der Waals surface area (Å²) in [7, 11) is 1.27. The molecule has 1 fully saturated rings. The van der Waals surface area contributed by atoms with E-state index in [0.717, 1.165) is 59.6 Å². The number of carbonyl (C=O) groups excluding carboxylic acids is 1. The number of methoxy groups -OCH3 is 1. The summed E-state index contributed by atoms with van der Waals surface area (Å²) in [6.07, 6.45) is 4.59. The van der Waals surface area contributed by atoms with E-state index in [1.54, 1.807) is 30.3 Å². The van der Waals surface area contributed by atoms with Crippen LogP contribution in [0.1, 0.15) is 63.1 Å². The molecule has 46 heavy (non-hydrogen) atoms. The SMILES string of the molecule is COC(=O)CC(O)CC(O)/C=C/c1c(-c2ccc(F)c(Oc3ccccc3)c2)c(-c2ccccc2)n(N2CCCCC2)c1C(C)C. The molecule has 0 radical (unpaired) electrons. The number of benzene rings is 3. The summed E-state index contributed by atoms with van der Waals surface area (Å²) in [5.74, 6) is -0.283. The fraction of sp³-hybridized carbons (Fsp3) is 0.342. The van der Waals surface area contributed by atoms with E-state index in [2.05, 4.69) is 40.4 Å². The Bertz CT molecular complexity index is 1630. The maximum atomic E-state index is 15.2. The summed E-state index contributed by atoms with van der Waals surface area (Å²) >= 11 is 0. The van der Waals surface area contributed by atoms with Gasteiger partial charge in [0, 0.05) is 36.2 Å². The Hall–Kier alpha value is -4.40. The first kappa shape index (κ1) is 33.0. The molecular weight excluding hydrogens is 583 g/mol. The van der Waals surface area contributed by atoms with Gasteiger partial charge in [-0.3, -0.25) is 9.47 Å². The molecule has 242 valence electrons. The van der Waals surface area contributed by atoms with Gasteiger partial charge in [-0.2, -0.15) is 0 Å². The second kappa shape index (κ2) is 15.3. The van der Waals surface area contributed by atoms with Gasteiger partial charge in [0.05, 0.1) is 37.1 Å². The zero-order valence-electron chi connectivity index (χ0n) is 26.7. The minimum absolute atomic E-state index is 0.0259. The van der Waals surface area contributed by atoms with Gasteiger partial charge in [0.1, 0.15) is 5.75 Å². The lowest BCUT2D eigenvalue weighted by molar-refractivity contribution is -0.143. The van der Waals surface area contributed by atoms with Gasteiger partial charge in [0.15, 0.2) is 11.6 Å². The van der Waals surface area contributed by atoms with Crippen molar-refractivity contribution in [3.63, 3.8) is 0 Å². The van der Waals surface area contributed by atoms with Gasteiger partial charge in [0.2, 0.25) is 0 Å². The van der Waals surface area contributed by atoms with Gasteiger partial charge in [-0.1, -0.05) is 80.6 Å². The fourth-order valence-electron chi connectivity index (χ4n) is 6.12. The summed E-state index contributed by atoms with van der Waals surface area (Å²) in [5.41, 5.74) is 5.58. The van der Waals surface area contributed by atoms with Crippen molar-refractivity contribution in [3.8, 4) is 33.9 Å². The summed E-state index contributed by atoms with van der Waals surface area (Å²) in [6.45, 7) is 6.09. The van der Waals surface area contributed by atoms with Crippen LogP contribution >= 0.6 is 0 Å². The van der Waals surface area contributed by atoms with Crippen LogP contribution in [-0.4, -0.2) is 53.3 Å². The zero-order chi connectivity index (χ0) is 32.6. The number of nitrogens with zero attached hydrogens (tertiary/aromatic N) is 2. The number of carbonyl (C=O) groups is 1. The molecule has 1 aliphatic rings. The predicted octanol–water partition coefficient (Wildman–Crippen LogP) is 7.69. The Balaban J connectivity index is 1.71. The van der Waals surface area contributed by atoms with Crippen LogP contribution in [0.25, 0.3) is 28.5 Å². The van der Waals surface area contributed by atoms with E-state index >= 15 is 4.39 Å². The number of rotatable bonds is 12. The predicted molar refractivity (Wildman–Crippen MR) is 180 cm³/mol. The Morgan fingerprint density at radius 1 is 0.935 bits per heavy atom. The van der Waals surface area contributed by atoms with Crippen molar-refractivity contribution in [2.75, 3.05) is 25.2 Å². The molecule has 2 N–H and O–H groups in total. The van der Waals surface area contributed by atoms with E-state index in [9.17, 15) is 15.0 Å². The van der Waals surface area contributed by atoms with Crippen molar-refractivity contribution in [2.45, 2.75) is 64.1 Å². The maximum Gasteiger partial charge on any atom is 0.308 e. The lowest BCUT2D eigenvalue weighted by Gasteiger charge is -2.34. The van der Waals surface area contributed by atoms with Crippen molar-refractivity contribution in [1.29, 1.82) is 0 Å². The second-order valence-electron chi connectivity index (χ2n) is 12.0. The maximum absolute atomic E-state index is 15.2. The average Bonchev–Trinajstić information content (AvgIpc) is 3.41. The van der Waals surface area contributed by atoms with E-state index in [0.29, 0.717) is 5.75 Å². The number of hydrogen-bond acceptors (Lipinski definition) is 6. The largest absolute Gasteiger partial charge is 0.469 e. The highest BCUT2D eigenvalue weighted by Crippen LogP contribution is 2.44. The number of aliphatic hydroxyl groups excluding tert-OH is 2. The first-order valence-electron chi connectivity index (χ1n) is 16.0. The molecule has 2 atom stereocenters. The molecule has 2 unspecified atom stereocenters. The summed E-state index contributed by atoms with van der Waals surface area (Å²) < 4.78 is 28.3. The molecule has 0 aliphatic carbocycles. The third kappa shape index (κ3) is 7.69. The Morgan fingerprint density at radius 3 is 2.26 bits per heavy atom. The molecule has 3 aromatic carbocycles. The Kier molecular flexibility index (Phi) is 10.9. The summed E-state index contributed by atoms with van der Waals surface area (Å²) in [6, 6.07) is 24.3. The molecule has 0 spiro atoms. The molecule has 0 amide bonds. The van der Waals surface area contributed by atoms with Gasteiger partial charge in [-0.15, -0.1) is 0 Å². The number of hydrogen-bond donors (Lipinski definition) is 2. The minimum atomic E-state index is -1.05. The molecule has 1 aromatic heterocycles. The highest BCUT2D eigenvalue weighted by atomic mass is 19.1. The number of aromatic nitrogens is 1. The lowest BCUT2D eigenvalue weighted by atomic mass is 9.94. The third-order valence-corrected chi connectivity index (χ3v) is 8.25. The Morgan fingerprint density at radius 2 is 1.61 bits per heavy atom. The van der Waals surface area contributed by atoms with E-state index in [1.807, 2.05) is 42.5 Å². The van der Waals surface area contributed by atoms with Crippen LogP contribution in [0.3, 0.4) is 0 Å². The van der Waals surface area contributed by atoms with E-state index in [-0.39, 0.29) is 24.5 Å². The number of piperidine rings is 1. The summed E-state index contributed by atoms with van der Waals surface area (Å²) in [4.78, 5) is 11.7. The minimum Gasteiger partial charge on any atom is -0.469 e. The van der Waals surface area contributed by atoms with Crippen molar-refractivity contribution >= 4 is 12.0 Å². The Labute approximate surface area is 270 Å². The van der Waals surface area contributed by atoms with Crippen molar-refractivity contribution < 1.29 is 28.9 Å². The highest BCUT2D eigenvalue weighted by molar-refractivity contribution is 5.91. The fourth-order valence-corrected chi connectivity index (χ4v) is 6.12. The highest BCUT2D eigenvalue weighted by Gasteiger charge is 2.29. The van der Waals surface area contributed by atoms with E-state index < -0.39 is 24.0 Å². The van der Waals surface area contributed by atoms with Crippen molar-refractivity contribution in [3.05, 3.63) is 102 Å². The van der Waals surface area contributed by atoms with Gasteiger partial charge >= 0.3 is 5.97 Å². The smallest absolute Gasteiger partial charge is 0.308 e. The van der Waals surface area contributed by atoms with Gasteiger partial charge in [-0.05, 0) is 55.0 Å². The van der Waals surface area contributed by atoms with E-state index in [4.69, 9.17) is 4.74 Å². The van der Waals surface area contributed by atoms with Crippen LogP contribution in [0, 0.1) is 5.82 Å². The lowest BCUT2D eigenvalue weighted by Crippen LogP contribution is -2.40. The van der Waals surface area contributed by atoms with Gasteiger partial charge < -0.3 is 24.7 Å². The average molecular weight is 627 g/mol. The molecule has 8 heteroatoms. The van der Waals surface area contributed by atoms with E-state index in [1.165, 1.54) is 19.6 Å². The number of ether oxygens (including phenoxy) is 2. The molecule has 2 heterocycles. The van der Waals surface area contributed by atoms with Gasteiger partial charge in [-0.25, -0.2) is 4.39 Å². The molecule has 0 saturated carbocycles. The van der Waals surface area contributed by atoms with Crippen LogP contribution in [0.5, 0.6) is 11.5 Å². The molecule has 7 nitrogen and oxygen atoms in total.